The molecule has 0 radical (unpaired) electrons. The number of ether oxygens (including phenoxy) is 1. The van der Waals surface area contributed by atoms with Crippen molar-refractivity contribution in [1.29, 1.82) is 0 Å². The third-order valence-electron chi connectivity index (χ3n) is 4.70. The number of rotatable bonds is 7. The molecular formula is C21H27N3O2. The lowest BCUT2D eigenvalue weighted by Gasteiger charge is -2.32. The number of piperidine rings is 1. The molecule has 2 aromatic carbocycles. The Balaban J connectivity index is 1.54. The smallest absolute Gasteiger partial charge is 0.225 e. The Morgan fingerprint density at radius 3 is 2.73 bits per heavy atom. The van der Waals surface area contributed by atoms with Crippen molar-refractivity contribution in [2.45, 2.75) is 25.3 Å². The summed E-state index contributed by atoms with van der Waals surface area (Å²) < 4.78 is 5.90. The van der Waals surface area contributed by atoms with Gasteiger partial charge in [-0.1, -0.05) is 30.3 Å². The van der Waals surface area contributed by atoms with Crippen LogP contribution in [0.1, 0.15) is 19.3 Å². The van der Waals surface area contributed by atoms with Crippen LogP contribution in [0.15, 0.2) is 54.6 Å². The molecule has 5 heteroatoms. The van der Waals surface area contributed by atoms with E-state index in [0.29, 0.717) is 23.9 Å². The molecule has 1 aliphatic heterocycles. The minimum Gasteiger partial charge on any atom is -0.455 e. The number of likely N-dealkylation sites (tertiary alicyclic amines) is 1. The maximum absolute atomic E-state index is 12.4. The summed E-state index contributed by atoms with van der Waals surface area (Å²) in [7, 11) is 2.00. The van der Waals surface area contributed by atoms with E-state index in [1.54, 1.807) is 0 Å². The van der Waals surface area contributed by atoms with Crippen molar-refractivity contribution >= 4 is 11.6 Å². The zero-order chi connectivity index (χ0) is 18.2. The molecule has 1 aliphatic rings. The van der Waals surface area contributed by atoms with Crippen LogP contribution in [0.3, 0.4) is 0 Å². The fourth-order valence-electron chi connectivity index (χ4n) is 3.24. The van der Waals surface area contributed by atoms with Crippen molar-refractivity contribution in [2.24, 2.45) is 0 Å². The number of para-hydroxylation sites is 3. The second-order valence-electron chi connectivity index (χ2n) is 6.64. The maximum Gasteiger partial charge on any atom is 0.225 e. The van der Waals surface area contributed by atoms with Gasteiger partial charge in [0.1, 0.15) is 5.75 Å². The SMILES string of the molecule is CNC1CCCN(CCC(=O)Nc2ccccc2Oc2ccccc2)C1. The average Bonchev–Trinajstić information content (AvgIpc) is 2.69. The molecule has 1 heterocycles. The Morgan fingerprint density at radius 1 is 1.15 bits per heavy atom. The highest BCUT2D eigenvalue weighted by Gasteiger charge is 2.19. The third kappa shape index (κ3) is 5.31. The molecule has 0 spiro atoms. The summed E-state index contributed by atoms with van der Waals surface area (Å²) in [5.74, 6) is 1.42. The van der Waals surface area contributed by atoms with E-state index in [2.05, 4.69) is 15.5 Å². The van der Waals surface area contributed by atoms with Gasteiger partial charge in [0.05, 0.1) is 5.69 Å². The third-order valence-corrected chi connectivity index (χ3v) is 4.70. The number of hydrogen-bond donors (Lipinski definition) is 2. The lowest BCUT2D eigenvalue weighted by molar-refractivity contribution is -0.116. The number of carbonyl (C=O) groups excluding carboxylic acids is 1. The number of nitrogens with one attached hydrogen (secondary N) is 2. The summed E-state index contributed by atoms with van der Waals surface area (Å²) in [6.45, 7) is 2.86. The minimum absolute atomic E-state index is 0.0145. The van der Waals surface area contributed by atoms with Gasteiger partial charge in [0, 0.05) is 25.6 Å². The van der Waals surface area contributed by atoms with Gasteiger partial charge in [0.15, 0.2) is 5.75 Å². The molecular weight excluding hydrogens is 326 g/mol. The first-order chi connectivity index (χ1) is 12.7. The summed E-state index contributed by atoms with van der Waals surface area (Å²) in [6, 6.07) is 17.7. The predicted molar refractivity (Wildman–Crippen MR) is 105 cm³/mol. The van der Waals surface area contributed by atoms with Gasteiger partial charge >= 0.3 is 0 Å². The van der Waals surface area contributed by atoms with Gasteiger partial charge in [-0.05, 0) is 50.7 Å². The first kappa shape index (κ1) is 18.4. The number of anilines is 1. The van der Waals surface area contributed by atoms with E-state index in [0.717, 1.165) is 25.4 Å². The van der Waals surface area contributed by atoms with Crippen molar-refractivity contribution in [3.8, 4) is 11.5 Å². The Morgan fingerprint density at radius 2 is 1.92 bits per heavy atom. The number of amides is 1. The summed E-state index contributed by atoms with van der Waals surface area (Å²) in [5, 5.41) is 6.32. The standard InChI is InChI=1S/C21H27N3O2/c1-22-17-8-7-14-24(16-17)15-13-21(25)23-19-11-5-6-12-20(19)26-18-9-3-2-4-10-18/h2-6,9-12,17,22H,7-8,13-16H2,1H3,(H,23,25). The van der Waals surface area contributed by atoms with E-state index in [9.17, 15) is 4.79 Å². The van der Waals surface area contributed by atoms with Crippen LogP contribution in [-0.2, 0) is 4.79 Å². The van der Waals surface area contributed by atoms with Gasteiger partial charge in [-0.15, -0.1) is 0 Å². The Kier molecular flexibility index (Phi) is 6.63. The highest BCUT2D eigenvalue weighted by atomic mass is 16.5. The van der Waals surface area contributed by atoms with Crippen molar-refractivity contribution in [3.05, 3.63) is 54.6 Å². The van der Waals surface area contributed by atoms with Crippen molar-refractivity contribution in [3.63, 3.8) is 0 Å². The number of hydrogen-bond acceptors (Lipinski definition) is 4. The number of carbonyl (C=O) groups is 1. The van der Waals surface area contributed by atoms with E-state index < -0.39 is 0 Å². The number of nitrogens with zero attached hydrogens (tertiary/aromatic N) is 1. The van der Waals surface area contributed by atoms with Crippen molar-refractivity contribution in [2.75, 3.05) is 32.0 Å². The van der Waals surface area contributed by atoms with Gasteiger partial charge in [-0.25, -0.2) is 0 Å². The second-order valence-corrected chi connectivity index (χ2v) is 6.64. The fraction of sp³-hybridized carbons (Fsp3) is 0.381. The first-order valence-corrected chi connectivity index (χ1v) is 9.26. The monoisotopic (exact) mass is 353 g/mol. The summed E-state index contributed by atoms with van der Waals surface area (Å²) in [5.41, 5.74) is 0.702. The zero-order valence-corrected chi connectivity index (χ0v) is 15.3. The molecule has 1 amide bonds. The Hall–Kier alpha value is -2.37. The molecule has 0 aliphatic carbocycles. The van der Waals surface area contributed by atoms with Crippen LogP contribution >= 0.6 is 0 Å². The quantitative estimate of drug-likeness (QED) is 0.800. The molecule has 0 bridgehead atoms. The van der Waals surface area contributed by atoms with Crippen LogP contribution in [0.25, 0.3) is 0 Å². The van der Waals surface area contributed by atoms with E-state index in [4.69, 9.17) is 4.74 Å². The molecule has 1 fully saturated rings. The minimum atomic E-state index is 0.0145. The van der Waals surface area contributed by atoms with Crippen molar-refractivity contribution in [1.82, 2.24) is 10.2 Å². The highest BCUT2D eigenvalue weighted by Crippen LogP contribution is 2.29. The maximum atomic E-state index is 12.4. The van der Waals surface area contributed by atoms with Crippen LogP contribution in [0.2, 0.25) is 0 Å². The topological polar surface area (TPSA) is 53.6 Å². The molecule has 0 aromatic heterocycles. The lowest BCUT2D eigenvalue weighted by atomic mass is 10.1. The number of benzene rings is 2. The zero-order valence-electron chi connectivity index (χ0n) is 15.3. The largest absolute Gasteiger partial charge is 0.455 e. The highest BCUT2D eigenvalue weighted by molar-refractivity contribution is 5.92. The van der Waals surface area contributed by atoms with Gasteiger partial charge in [0.25, 0.3) is 0 Å². The summed E-state index contributed by atoms with van der Waals surface area (Å²) >= 11 is 0. The van der Waals surface area contributed by atoms with Crippen LogP contribution < -0.4 is 15.4 Å². The van der Waals surface area contributed by atoms with Gasteiger partial charge in [-0.2, -0.15) is 0 Å². The predicted octanol–water partition coefficient (Wildman–Crippen LogP) is 3.49. The molecule has 138 valence electrons. The molecule has 5 nitrogen and oxygen atoms in total. The fourth-order valence-corrected chi connectivity index (χ4v) is 3.24. The lowest BCUT2D eigenvalue weighted by Crippen LogP contribution is -2.45. The van der Waals surface area contributed by atoms with Gasteiger partial charge in [-0.3, -0.25) is 4.79 Å². The van der Waals surface area contributed by atoms with E-state index in [1.807, 2.05) is 61.6 Å². The van der Waals surface area contributed by atoms with Crippen LogP contribution in [0, 0.1) is 0 Å². The van der Waals surface area contributed by atoms with Crippen LogP contribution in [-0.4, -0.2) is 43.5 Å². The van der Waals surface area contributed by atoms with E-state index in [-0.39, 0.29) is 5.91 Å². The molecule has 1 saturated heterocycles. The first-order valence-electron chi connectivity index (χ1n) is 9.26. The molecule has 1 atom stereocenters. The van der Waals surface area contributed by atoms with E-state index in [1.165, 1.54) is 12.8 Å². The van der Waals surface area contributed by atoms with Gasteiger partial charge in [0.2, 0.25) is 5.91 Å². The van der Waals surface area contributed by atoms with Crippen molar-refractivity contribution < 1.29 is 9.53 Å². The van der Waals surface area contributed by atoms with Crippen LogP contribution in [0.4, 0.5) is 5.69 Å². The van der Waals surface area contributed by atoms with E-state index >= 15 is 0 Å². The molecule has 0 saturated carbocycles. The Labute approximate surface area is 155 Å². The second kappa shape index (κ2) is 9.36. The molecule has 26 heavy (non-hydrogen) atoms. The van der Waals surface area contributed by atoms with Crippen LogP contribution in [0.5, 0.6) is 11.5 Å². The molecule has 3 rings (SSSR count). The molecule has 2 aromatic rings. The normalized spacial score (nSPS) is 17.7. The number of likely N-dealkylation sites (N-methyl/N-ethyl adjacent to an activating group) is 1. The Bertz CT molecular complexity index is 705. The molecule has 1 unspecified atom stereocenters. The van der Waals surface area contributed by atoms with Gasteiger partial charge < -0.3 is 20.3 Å². The summed E-state index contributed by atoms with van der Waals surface area (Å²) in [4.78, 5) is 14.8. The molecule has 2 N–H and O–H groups in total. The summed E-state index contributed by atoms with van der Waals surface area (Å²) in [6.07, 6.45) is 2.88. The average molecular weight is 353 g/mol.